The second kappa shape index (κ2) is 12.5. The Bertz CT molecular complexity index is 1010. The Morgan fingerprint density at radius 1 is 1.27 bits per heavy atom. The van der Waals surface area contributed by atoms with Gasteiger partial charge in [-0.2, -0.15) is 5.26 Å². The van der Waals surface area contributed by atoms with E-state index in [1.165, 1.54) is 31.4 Å². The Morgan fingerprint density at radius 3 is 2.67 bits per heavy atom. The predicted octanol–water partition coefficient (Wildman–Crippen LogP) is 5.37. The average Bonchev–Trinajstić information content (AvgIpc) is 2.84. The van der Waals surface area contributed by atoms with Crippen LogP contribution in [-0.2, 0) is 4.79 Å². The van der Waals surface area contributed by atoms with Gasteiger partial charge in [0.1, 0.15) is 40.2 Å². The van der Waals surface area contributed by atoms with Crippen LogP contribution < -0.4 is 10.1 Å². The third-order valence-corrected chi connectivity index (χ3v) is 5.95. The van der Waals surface area contributed by atoms with Crippen molar-refractivity contribution >= 4 is 27.9 Å². The molecule has 8 heteroatoms. The van der Waals surface area contributed by atoms with Gasteiger partial charge in [-0.3, -0.25) is 9.69 Å². The first-order chi connectivity index (χ1) is 16.0. The molecule has 2 aromatic rings. The Balaban J connectivity index is 1.67. The minimum absolute atomic E-state index is 0.0710. The Hall–Kier alpha value is -2.76. The number of ether oxygens (including phenoxy) is 1. The van der Waals surface area contributed by atoms with Crippen molar-refractivity contribution in [2.24, 2.45) is 0 Å². The molecule has 1 aliphatic heterocycles. The van der Waals surface area contributed by atoms with Crippen LogP contribution in [0.1, 0.15) is 56.3 Å². The van der Waals surface area contributed by atoms with Crippen molar-refractivity contribution in [3.8, 4) is 11.8 Å². The first-order valence-electron chi connectivity index (χ1n) is 11.2. The number of amides is 1. The maximum absolute atomic E-state index is 14.0. The van der Waals surface area contributed by atoms with Gasteiger partial charge in [0.15, 0.2) is 0 Å². The molecule has 1 saturated heterocycles. The monoisotopic (exact) mass is 514 g/mol. The topological polar surface area (TPSA) is 78.2 Å². The molecule has 1 fully saturated rings. The van der Waals surface area contributed by atoms with Gasteiger partial charge in [0, 0.05) is 13.1 Å². The lowest BCUT2D eigenvalue weighted by molar-refractivity contribution is -0.117. The molecule has 1 unspecified atom stereocenters. The fraction of sp³-hybridized carbons (Fsp3) is 0.400. The maximum Gasteiger partial charge on any atom is 0.262 e. The van der Waals surface area contributed by atoms with Crippen molar-refractivity contribution in [2.45, 2.75) is 45.1 Å². The average molecular weight is 515 g/mol. The number of halogens is 2. The van der Waals surface area contributed by atoms with Crippen LogP contribution in [0.2, 0.25) is 0 Å². The summed E-state index contributed by atoms with van der Waals surface area (Å²) in [6, 6.07) is 11.9. The third kappa shape index (κ3) is 7.37. The number of aromatic nitrogens is 1. The Labute approximate surface area is 202 Å². The lowest BCUT2D eigenvalue weighted by Gasteiger charge is -2.26. The molecule has 1 aromatic carbocycles. The van der Waals surface area contributed by atoms with E-state index < -0.39 is 11.7 Å². The molecular formula is C25H28BrFN4O2. The smallest absolute Gasteiger partial charge is 0.262 e. The number of pyridine rings is 1. The van der Waals surface area contributed by atoms with Gasteiger partial charge >= 0.3 is 0 Å². The molecule has 174 valence electrons. The molecule has 33 heavy (non-hydrogen) atoms. The number of rotatable bonds is 9. The summed E-state index contributed by atoms with van der Waals surface area (Å²) in [6.07, 6.45) is 6.41. The summed E-state index contributed by atoms with van der Waals surface area (Å²) < 4.78 is 20.3. The standard InChI is InChI=1S/C25H28BrFN4O2/c1-2-6-22(18-7-9-20(10-8-18)33-17-31-13-4-3-5-14-31)30-25(32)19(16-28)15-23-21(27)11-12-24(26)29-23/h7-12,15,22H,2-6,13-14,17H2,1H3,(H,30,32)/b19-15+. The second-order valence-electron chi connectivity index (χ2n) is 8.01. The number of hydrogen-bond acceptors (Lipinski definition) is 5. The molecule has 0 radical (unpaired) electrons. The van der Waals surface area contributed by atoms with E-state index in [0.29, 0.717) is 17.8 Å². The highest BCUT2D eigenvalue weighted by molar-refractivity contribution is 9.10. The molecule has 1 aliphatic rings. The van der Waals surface area contributed by atoms with E-state index in [0.717, 1.165) is 36.9 Å². The van der Waals surface area contributed by atoms with E-state index >= 15 is 0 Å². The van der Waals surface area contributed by atoms with Crippen LogP contribution in [0.15, 0.2) is 46.6 Å². The van der Waals surface area contributed by atoms with Crippen molar-refractivity contribution < 1.29 is 13.9 Å². The van der Waals surface area contributed by atoms with E-state index in [1.54, 1.807) is 0 Å². The molecule has 1 N–H and O–H groups in total. The lowest BCUT2D eigenvalue weighted by Crippen LogP contribution is -2.33. The molecule has 0 spiro atoms. The highest BCUT2D eigenvalue weighted by Crippen LogP contribution is 2.23. The number of hydrogen-bond donors (Lipinski definition) is 1. The number of carbonyl (C=O) groups is 1. The zero-order valence-corrected chi connectivity index (χ0v) is 20.3. The zero-order chi connectivity index (χ0) is 23.6. The molecule has 0 bridgehead atoms. The summed E-state index contributed by atoms with van der Waals surface area (Å²) in [4.78, 5) is 19.1. The summed E-state index contributed by atoms with van der Waals surface area (Å²) in [5.74, 6) is -0.397. The van der Waals surface area contributed by atoms with Crippen LogP contribution >= 0.6 is 15.9 Å². The Morgan fingerprint density at radius 2 is 2.00 bits per heavy atom. The number of benzene rings is 1. The van der Waals surface area contributed by atoms with Crippen molar-refractivity contribution in [2.75, 3.05) is 19.8 Å². The lowest BCUT2D eigenvalue weighted by atomic mass is 10.0. The summed E-state index contributed by atoms with van der Waals surface area (Å²) in [5, 5.41) is 12.4. The molecular weight excluding hydrogens is 487 g/mol. The molecule has 1 amide bonds. The quantitative estimate of drug-likeness (QED) is 0.276. The van der Waals surface area contributed by atoms with Crippen LogP contribution in [0, 0.1) is 17.1 Å². The molecule has 0 aliphatic carbocycles. The van der Waals surface area contributed by atoms with Crippen molar-refractivity contribution in [3.05, 3.63) is 63.6 Å². The fourth-order valence-corrected chi connectivity index (χ4v) is 4.04. The largest absolute Gasteiger partial charge is 0.478 e. The molecule has 0 saturated carbocycles. The third-order valence-electron chi connectivity index (χ3n) is 5.51. The highest BCUT2D eigenvalue weighted by atomic mass is 79.9. The van der Waals surface area contributed by atoms with Gasteiger partial charge < -0.3 is 10.1 Å². The molecule has 1 aromatic heterocycles. The number of piperidine rings is 1. The fourth-order valence-electron chi connectivity index (χ4n) is 3.72. The van der Waals surface area contributed by atoms with Crippen LogP contribution in [0.25, 0.3) is 6.08 Å². The molecule has 3 rings (SSSR count). The number of carbonyl (C=O) groups excluding carboxylic acids is 1. The first kappa shape index (κ1) is 24.9. The second-order valence-corrected chi connectivity index (χ2v) is 8.82. The van der Waals surface area contributed by atoms with Crippen LogP contribution in [0.5, 0.6) is 5.75 Å². The van der Waals surface area contributed by atoms with Crippen LogP contribution in [0.3, 0.4) is 0 Å². The molecule has 2 heterocycles. The highest BCUT2D eigenvalue weighted by Gasteiger charge is 2.18. The summed E-state index contributed by atoms with van der Waals surface area (Å²) in [6.45, 7) is 4.73. The van der Waals surface area contributed by atoms with E-state index in [4.69, 9.17) is 4.74 Å². The SMILES string of the molecule is CCCC(NC(=O)/C(C#N)=C/c1nc(Br)ccc1F)c1ccc(OCN2CCCCC2)cc1. The van der Waals surface area contributed by atoms with Gasteiger partial charge in [-0.25, -0.2) is 9.37 Å². The van der Waals surface area contributed by atoms with Gasteiger partial charge in [0.25, 0.3) is 5.91 Å². The van der Waals surface area contributed by atoms with E-state index in [2.05, 4.69) is 31.1 Å². The van der Waals surface area contributed by atoms with Crippen molar-refractivity contribution in [1.29, 1.82) is 5.26 Å². The number of likely N-dealkylation sites (tertiary alicyclic amines) is 1. The van der Waals surface area contributed by atoms with Gasteiger partial charge in [-0.05, 0) is 71.1 Å². The summed E-state index contributed by atoms with van der Waals surface area (Å²) in [5.41, 5.74) is 0.639. The van der Waals surface area contributed by atoms with Gasteiger partial charge in [-0.1, -0.05) is 31.9 Å². The van der Waals surface area contributed by atoms with Gasteiger partial charge in [-0.15, -0.1) is 0 Å². The van der Waals surface area contributed by atoms with E-state index in [-0.39, 0.29) is 17.3 Å². The molecule has 6 nitrogen and oxygen atoms in total. The van der Waals surface area contributed by atoms with E-state index in [1.807, 2.05) is 37.3 Å². The Kier molecular flexibility index (Phi) is 9.40. The minimum atomic E-state index is -0.607. The number of nitriles is 1. The normalized spacial score (nSPS) is 15.5. The van der Waals surface area contributed by atoms with Crippen molar-refractivity contribution in [1.82, 2.24) is 15.2 Å². The summed E-state index contributed by atoms with van der Waals surface area (Å²) >= 11 is 3.17. The molecule has 1 atom stereocenters. The predicted molar refractivity (Wildman–Crippen MR) is 129 cm³/mol. The summed E-state index contributed by atoms with van der Waals surface area (Å²) in [7, 11) is 0. The first-order valence-corrected chi connectivity index (χ1v) is 12.0. The number of nitrogens with one attached hydrogen (secondary N) is 1. The van der Waals surface area contributed by atoms with Crippen molar-refractivity contribution in [3.63, 3.8) is 0 Å². The minimum Gasteiger partial charge on any atom is -0.478 e. The van der Waals surface area contributed by atoms with Gasteiger partial charge in [0.05, 0.1) is 6.04 Å². The van der Waals surface area contributed by atoms with Crippen LogP contribution in [0.4, 0.5) is 4.39 Å². The van der Waals surface area contributed by atoms with Crippen LogP contribution in [-0.4, -0.2) is 35.6 Å². The number of nitrogens with zero attached hydrogens (tertiary/aromatic N) is 3. The van der Waals surface area contributed by atoms with E-state index in [9.17, 15) is 14.4 Å². The van der Waals surface area contributed by atoms with Gasteiger partial charge in [0.2, 0.25) is 0 Å². The zero-order valence-electron chi connectivity index (χ0n) is 18.7. The maximum atomic E-state index is 14.0.